The number of rotatable bonds is 3. The minimum absolute atomic E-state index is 0.110. The van der Waals surface area contributed by atoms with E-state index in [0.29, 0.717) is 6.54 Å². The zero-order valence-electron chi connectivity index (χ0n) is 8.84. The fraction of sp³-hybridized carbons (Fsp3) is 0.300. The van der Waals surface area contributed by atoms with E-state index in [1.165, 1.54) is 6.07 Å². The Labute approximate surface area is 96.3 Å². The number of carbonyl (C=O) groups is 1. The predicted molar refractivity (Wildman–Crippen MR) is 57.6 cm³/mol. The van der Waals surface area contributed by atoms with Crippen LogP contribution in [0.25, 0.3) is 0 Å². The number of hydrazine groups is 1. The van der Waals surface area contributed by atoms with Gasteiger partial charge in [-0.15, -0.1) is 0 Å². The number of halogens is 2. The molecule has 1 aliphatic heterocycles. The largest absolute Gasteiger partial charge is 0.369 e. The second kappa shape index (κ2) is 4.64. The van der Waals surface area contributed by atoms with Crippen LogP contribution < -0.4 is 21.9 Å². The van der Waals surface area contributed by atoms with Crippen LogP contribution >= 0.6 is 0 Å². The van der Waals surface area contributed by atoms with Gasteiger partial charge in [0.05, 0.1) is 11.6 Å². The van der Waals surface area contributed by atoms with Gasteiger partial charge in [0.1, 0.15) is 17.8 Å². The quantitative estimate of drug-likeness (QED) is 0.597. The normalized spacial score (nSPS) is 23.6. The maximum absolute atomic E-state index is 13.4. The van der Waals surface area contributed by atoms with Gasteiger partial charge in [0.15, 0.2) is 0 Å². The molecule has 2 atom stereocenters. The number of benzene rings is 1. The molecule has 1 fully saturated rings. The Kier molecular flexibility index (Phi) is 3.21. The van der Waals surface area contributed by atoms with Crippen molar-refractivity contribution in [2.45, 2.75) is 6.17 Å². The molecule has 0 spiro atoms. The van der Waals surface area contributed by atoms with Crippen molar-refractivity contribution in [1.29, 1.82) is 0 Å². The Hall–Kier alpha value is -1.73. The van der Waals surface area contributed by atoms with Crippen molar-refractivity contribution in [3.63, 3.8) is 0 Å². The molecule has 1 amide bonds. The van der Waals surface area contributed by atoms with Crippen LogP contribution in [0.2, 0.25) is 0 Å². The van der Waals surface area contributed by atoms with Gasteiger partial charge in [0.2, 0.25) is 5.91 Å². The summed E-state index contributed by atoms with van der Waals surface area (Å²) in [5.41, 5.74) is 10.8. The molecule has 1 saturated heterocycles. The Morgan fingerprint density at radius 2 is 2.24 bits per heavy atom. The van der Waals surface area contributed by atoms with E-state index in [0.717, 1.165) is 12.1 Å². The van der Waals surface area contributed by atoms with E-state index in [1.807, 2.05) is 0 Å². The molecule has 0 aromatic heterocycles. The van der Waals surface area contributed by atoms with Crippen LogP contribution in [0.5, 0.6) is 0 Å². The summed E-state index contributed by atoms with van der Waals surface area (Å²) < 4.78 is 26.1. The molecule has 0 aliphatic carbocycles. The van der Waals surface area contributed by atoms with Gasteiger partial charge in [0.25, 0.3) is 0 Å². The van der Waals surface area contributed by atoms with Crippen LogP contribution in [0.4, 0.5) is 14.5 Å². The average Bonchev–Trinajstić information content (AvgIpc) is 2.70. The zero-order chi connectivity index (χ0) is 12.4. The lowest BCUT2D eigenvalue weighted by atomic mass is 10.1. The summed E-state index contributed by atoms with van der Waals surface area (Å²) in [7, 11) is 0. The molecule has 92 valence electrons. The third-order valence-electron chi connectivity index (χ3n) is 2.59. The predicted octanol–water partition coefficient (Wildman–Crippen LogP) is -0.0879. The molecule has 5 N–H and O–H groups in total. The molecule has 1 aliphatic rings. The van der Waals surface area contributed by atoms with Crippen LogP contribution in [0.1, 0.15) is 0 Å². The van der Waals surface area contributed by atoms with Gasteiger partial charge < -0.3 is 11.1 Å². The highest BCUT2D eigenvalue weighted by molar-refractivity contribution is 5.78. The summed E-state index contributed by atoms with van der Waals surface area (Å²) in [6.45, 7) is 0.357. The van der Waals surface area contributed by atoms with E-state index in [1.54, 1.807) is 0 Å². The van der Waals surface area contributed by atoms with Gasteiger partial charge in [-0.3, -0.25) is 10.2 Å². The fourth-order valence-corrected chi connectivity index (χ4v) is 1.67. The van der Waals surface area contributed by atoms with Gasteiger partial charge in [-0.25, -0.2) is 14.2 Å². The first-order valence-electron chi connectivity index (χ1n) is 5.07. The number of nitrogens with two attached hydrogens (primary N) is 1. The van der Waals surface area contributed by atoms with Crippen LogP contribution in [-0.4, -0.2) is 18.6 Å². The lowest BCUT2D eigenvalue weighted by Gasteiger charge is -2.18. The van der Waals surface area contributed by atoms with Crippen LogP contribution in [0, 0.1) is 17.6 Å². The van der Waals surface area contributed by atoms with Gasteiger partial charge in [0, 0.05) is 12.6 Å². The van der Waals surface area contributed by atoms with Crippen molar-refractivity contribution >= 4 is 11.6 Å². The van der Waals surface area contributed by atoms with E-state index >= 15 is 0 Å². The third kappa shape index (κ3) is 2.51. The van der Waals surface area contributed by atoms with E-state index < -0.39 is 29.6 Å². The Balaban J connectivity index is 2.12. The average molecular weight is 242 g/mol. The minimum atomic E-state index is -0.720. The summed E-state index contributed by atoms with van der Waals surface area (Å²) in [5.74, 6) is -2.37. The van der Waals surface area contributed by atoms with E-state index in [9.17, 15) is 13.6 Å². The molecule has 2 unspecified atom stereocenters. The molecule has 2 rings (SSSR count). The number of amides is 1. The molecule has 5 nitrogen and oxygen atoms in total. The molecule has 1 heterocycles. The molecule has 0 radical (unpaired) electrons. The summed E-state index contributed by atoms with van der Waals surface area (Å²) in [6.07, 6.45) is -0.521. The molecular weight excluding hydrogens is 230 g/mol. The van der Waals surface area contributed by atoms with Crippen molar-refractivity contribution in [1.82, 2.24) is 10.9 Å². The standard InChI is InChI=1S/C10H12F2N4O/c11-5-1-2-8(7(12)3-5)15-10-6(9(13)17)4-14-16-10/h1-3,6,10,14-16H,4H2,(H2,13,17). The molecule has 0 bridgehead atoms. The summed E-state index contributed by atoms with van der Waals surface area (Å²) in [4.78, 5) is 11.1. The Morgan fingerprint density at radius 1 is 1.47 bits per heavy atom. The van der Waals surface area contributed by atoms with Crippen molar-refractivity contribution in [2.24, 2.45) is 11.7 Å². The van der Waals surface area contributed by atoms with E-state index in [4.69, 9.17) is 5.73 Å². The molecule has 1 aromatic rings. The first kappa shape index (κ1) is 11.7. The van der Waals surface area contributed by atoms with Crippen molar-refractivity contribution in [3.05, 3.63) is 29.8 Å². The second-order valence-corrected chi connectivity index (χ2v) is 3.78. The maximum Gasteiger partial charge on any atom is 0.225 e. The fourth-order valence-electron chi connectivity index (χ4n) is 1.67. The summed E-state index contributed by atoms with van der Waals surface area (Å²) >= 11 is 0. The smallest absolute Gasteiger partial charge is 0.225 e. The van der Waals surface area contributed by atoms with Crippen LogP contribution in [-0.2, 0) is 4.79 Å². The minimum Gasteiger partial charge on any atom is -0.369 e. The zero-order valence-corrected chi connectivity index (χ0v) is 8.84. The van der Waals surface area contributed by atoms with Crippen LogP contribution in [0.15, 0.2) is 18.2 Å². The Bertz CT molecular complexity index is 440. The van der Waals surface area contributed by atoms with Gasteiger partial charge in [-0.2, -0.15) is 0 Å². The highest BCUT2D eigenvalue weighted by atomic mass is 19.1. The second-order valence-electron chi connectivity index (χ2n) is 3.78. The number of hydrogen-bond acceptors (Lipinski definition) is 4. The topological polar surface area (TPSA) is 79.2 Å². The molecule has 17 heavy (non-hydrogen) atoms. The number of carbonyl (C=O) groups excluding carboxylic acids is 1. The van der Waals surface area contributed by atoms with Crippen molar-refractivity contribution < 1.29 is 13.6 Å². The lowest BCUT2D eigenvalue weighted by Crippen LogP contribution is -2.42. The van der Waals surface area contributed by atoms with Gasteiger partial charge in [-0.1, -0.05) is 0 Å². The third-order valence-corrected chi connectivity index (χ3v) is 2.59. The van der Waals surface area contributed by atoms with E-state index in [-0.39, 0.29) is 5.69 Å². The highest BCUT2D eigenvalue weighted by Gasteiger charge is 2.31. The SMILES string of the molecule is NC(=O)C1CNNC1Nc1ccc(F)cc1F. The summed E-state index contributed by atoms with van der Waals surface area (Å²) in [5, 5.41) is 2.75. The number of primary amides is 1. The molecular formula is C10H12F2N4O. The molecule has 1 aromatic carbocycles. The number of anilines is 1. The highest BCUT2D eigenvalue weighted by Crippen LogP contribution is 2.18. The molecule has 7 heteroatoms. The maximum atomic E-state index is 13.4. The van der Waals surface area contributed by atoms with E-state index in [2.05, 4.69) is 16.2 Å². The van der Waals surface area contributed by atoms with Crippen LogP contribution in [0.3, 0.4) is 0 Å². The summed E-state index contributed by atoms with van der Waals surface area (Å²) in [6, 6.07) is 3.17. The van der Waals surface area contributed by atoms with Crippen molar-refractivity contribution in [2.75, 3.05) is 11.9 Å². The first-order valence-corrected chi connectivity index (χ1v) is 5.07. The first-order chi connectivity index (χ1) is 8.08. The molecule has 0 saturated carbocycles. The number of hydrogen-bond donors (Lipinski definition) is 4. The number of nitrogens with one attached hydrogen (secondary N) is 3. The van der Waals surface area contributed by atoms with Gasteiger partial charge >= 0.3 is 0 Å². The monoisotopic (exact) mass is 242 g/mol. The Morgan fingerprint density at radius 3 is 2.88 bits per heavy atom. The van der Waals surface area contributed by atoms with Gasteiger partial charge in [-0.05, 0) is 12.1 Å². The van der Waals surface area contributed by atoms with Crippen molar-refractivity contribution in [3.8, 4) is 0 Å². The lowest BCUT2D eigenvalue weighted by molar-refractivity contribution is -0.121.